The van der Waals surface area contributed by atoms with Crippen molar-refractivity contribution in [1.29, 1.82) is 0 Å². The molecule has 4 rings (SSSR count). The average Bonchev–Trinajstić information content (AvgIpc) is 3.21. The van der Waals surface area contributed by atoms with Gasteiger partial charge in [-0.15, -0.1) is 0 Å². The van der Waals surface area contributed by atoms with Crippen LogP contribution in [0.1, 0.15) is 28.4 Å². The Balaban J connectivity index is 1.44. The lowest BCUT2D eigenvalue weighted by Gasteiger charge is -2.14. The van der Waals surface area contributed by atoms with Crippen LogP contribution in [0.4, 0.5) is 10.5 Å². The summed E-state index contributed by atoms with van der Waals surface area (Å²) in [7, 11) is 1.21. The summed E-state index contributed by atoms with van der Waals surface area (Å²) in [4.78, 5) is 51.0. The lowest BCUT2D eigenvalue weighted by atomic mass is 10.1. The molecule has 1 fully saturated rings. The smallest absolute Gasteiger partial charge is 0.339 e. The highest BCUT2D eigenvalue weighted by Crippen LogP contribution is 2.35. The lowest BCUT2D eigenvalue weighted by Crippen LogP contribution is -2.36. The fourth-order valence-electron chi connectivity index (χ4n) is 3.77. The molecule has 1 heterocycles. The Kier molecular flexibility index (Phi) is 9.93. The number of nitrogens with one attached hydrogen (secondary N) is 1. The Morgan fingerprint density at radius 2 is 1.76 bits per heavy atom. The molecule has 12 heteroatoms. The molecule has 1 N–H and O–H groups in total. The number of imide groups is 1. The fraction of sp³-hybridized carbons (Fsp3) is 0.172. The van der Waals surface area contributed by atoms with E-state index in [9.17, 15) is 19.2 Å². The van der Waals surface area contributed by atoms with E-state index in [0.717, 1.165) is 22.2 Å². The van der Waals surface area contributed by atoms with Gasteiger partial charge in [-0.2, -0.15) is 0 Å². The first kappa shape index (κ1) is 30.0. The van der Waals surface area contributed by atoms with Crippen LogP contribution in [0.25, 0.3) is 6.08 Å². The normalized spacial score (nSPS) is 13.9. The number of hydrogen-bond donors (Lipinski definition) is 1. The van der Waals surface area contributed by atoms with Gasteiger partial charge in [0.2, 0.25) is 5.91 Å². The van der Waals surface area contributed by atoms with E-state index in [1.165, 1.54) is 25.3 Å². The number of thioether (sulfide) groups is 1. The number of amides is 3. The zero-order valence-corrected chi connectivity index (χ0v) is 24.3. The Hall–Kier alpha value is -3.99. The van der Waals surface area contributed by atoms with Crippen molar-refractivity contribution in [3.63, 3.8) is 0 Å². The van der Waals surface area contributed by atoms with Crippen molar-refractivity contribution in [2.45, 2.75) is 13.5 Å². The van der Waals surface area contributed by atoms with Gasteiger partial charge in [-0.25, -0.2) is 4.79 Å². The summed E-state index contributed by atoms with van der Waals surface area (Å²) in [6, 6.07) is 16.7. The van der Waals surface area contributed by atoms with E-state index in [2.05, 4.69) is 10.1 Å². The van der Waals surface area contributed by atoms with E-state index < -0.39 is 29.6 Å². The molecule has 9 nitrogen and oxygen atoms in total. The van der Waals surface area contributed by atoms with E-state index in [-0.39, 0.29) is 27.8 Å². The molecule has 0 bridgehead atoms. The van der Waals surface area contributed by atoms with Crippen LogP contribution < -0.4 is 14.8 Å². The van der Waals surface area contributed by atoms with Crippen LogP contribution in [0.15, 0.2) is 65.6 Å². The highest BCUT2D eigenvalue weighted by Gasteiger charge is 2.36. The topological polar surface area (TPSA) is 111 Å². The van der Waals surface area contributed by atoms with Gasteiger partial charge in [0.15, 0.2) is 11.5 Å². The number of hydrogen-bond acceptors (Lipinski definition) is 8. The number of methoxy groups -OCH3 is 1. The van der Waals surface area contributed by atoms with E-state index >= 15 is 0 Å². The number of benzene rings is 3. The molecule has 0 aromatic heterocycles. The molecule has 0 atom stereocenters. The zero-order valence-electron chi connectivity index (χ0n) is 21.9. The van der Waals surface area contributed by atoms with Crippen LogP contribution >= 0.6 is 35.0 Å². The number of carbonyl (C=O) groups excluding carboxylic acids is 4. The second-order valence-corrected chi connectivity index (χ2v) is 10.3. The summed E-state index contributed by atoms with van der Waals surface area (Å²) in [5.41, 5.74) is 1.73. The zero-order chi connectivity index (χ0) is 29.5. The molecule has 3 aromatic carbocycles. The van der Waals surface area contributed by atoms with Crippen molar-refractivity contribution in [2.24, 2.45) is 0 Å². The van der Waals surface area contributed by atoms with Crippen molar-refractivity contribution >= 4 is 69.8 Å². The summed E-state index contributed by atoms with van der Waals surface area (Å²) in [6.45, 7) is 1.94. The monoisotopic (exact) mass is 614 g/mol. The summed E-state index contributed by atoms with van der Waals surface area (Å²) < 4.78 is 16.3. The number of esters is 1. The first-order valence-corrected chi connectivity index (χ1v) is 13.8. The third-order valence-electron chi connectivity index (χ3n) is 5.74. The van der Waals surface area contributed by atoms with Gasteiger partial charge in [0.1, 0.15) is 13.2 Å². The van der Waals surface area contributed by atoms with Crippen molar-refractivity contribution in [3.05, 3.63) is 92.3 Å². The summed E-state index contributed by atoms with van der Waals surface area (Å²) >= 11 is 12.9. The highest BCUT2D eigenvalue weighted by molar-refractivity contribution is 8.18. The Labute approximate surface area is 250 Å². The van der Waals surface area contributed by atoms with Crippen molar-refractivity contribution in [2.75, 3.05) is 25.6 Å². The van der Waals surface area contributed by atoms with Gasteiger partial charge in [-0.3, -0.25) is 19.3 Å². The van der Waals surface area contributed by atoms with E-state index in [1.54, 1.807) is 30.3 Å². The number of halogens is 2. The van der Waals surface area contributed by atoms with Gasteiger partial charge >= 0.3 is 5.97 Å². The van der Waals surface area contributed by atoms with Crippen LogP contribution in [0.2, 0.25) is 10.0 Å². The van der Waals surface area contributed by atoms with Gasteiger partial charge in [0.25, 0.3) is 11.1 Å². The molecule has 0 radical (unpaired) electrons. The van der Waals surface area contributed by atoms with Gasteiger partial charge in [-0.1, -0.05) is 47.5 Å². The lowest BCUT2D eigenvalue weighted by molar-refractivity contribution is -0.127. The van der Waals surface area contributed by atoms with Crippen molar-refractivity contribution in [1.82, 2.24) is 4.90 Å². The minimum Gasteiger partial charge on any atom is -0.490 e. The predicted octanol–water partition coefficient (Wildman–Crippen LogP) is 6.43. The van der Waals surface area contributed by atoms with Crippen LogP contribution in [0.5, 0.6) is 11.5 Å². The fourth-order valence-corrected chi connectivity index (χ4v) is 5.00. The Morgan fingerprint density at radius 3 is 2.49 bits per heavy atom. The molecular formula is C29H24Cl2N2O7S. The molecule has 0 spiro atoms. The van der Waals surface area contributed by atoms with E-state index in [0.29, 0.717) is 28.7 Å². The quantitative estimate of drug-likeness (QED) is 0.205. The molecule has 212 valence electrons. The van der Waals surface area contributed by atoms with E-state index in [1.807, 2.05) is 25.1 Å². The number of nitrogens with zero attached hydrogens (tertiary/aromatic N) is 1. The molecule has 0 unspecified atom stereocenters. The van der Waals surface area contributed by atoms with Gasteiger partial charge in [0, 0.05) is 16.3 Å². The van der Waals surface area contributed by atoms with Crippen LogP contribution in [0, 0.1) is 0 Å². The van der Waals surface area contributed by atoms with Crippen LogP contribution in [-0.4, -0.2) is 48.2 Å². The molecule has 3 amide bonds. The first-order chi connectivity index (χ1) is 19.7. The first-order valence-electron chi connectivity index (χ1n) is 12.3. The summed E-state index contributed by atoms with van der Waals surface area (Å²) in [5, 5.41) is 2.71. The minimum atomic E-state index is -0.671. The molecule has 1 aliphatic heterocycles. The third kappa shape index (κ3) is 7.40. The second kappa shape index (κ2) is 13.6. The van der Waals surface area contributed by atoms with Gasteiger partial charge in [-0.05, 0) is 66.7 Å². The Morgan fingerprint density at radius 1 is 0.976 bits per heavy atom. The van der Waals surface area contributed by atoms with Gasteiger partial charge < -0.3 is 19.5 Å². The number of rotatable bonds is 10. The van der Waals surface area contributed by atoms with E-state index in [4.69, 9.17) is 32.7 Å². The maximum atomic E-state index is 13.0. The molecule has 41 heavy (non-hydrogen) atoms. The second-order valence-electron chi connectivity index (χ2n) is 8.52. The standard InChI is InChI=1S/C29H24Cl2N2O7S/c1-3-39-24-12-17(8-11-23(24)40-16-18-6-4-5-7-21(18)30)13-25-27(35)33(29(37)41-25)15-26(34)32-19-9-10-22(31)20(14-19)28(36)38-2/h4-14H,3,15-16H2,1-2H3,(H,32,34)/b25-13+. The number of carbonyl (C=O) groups is 4. The highest BCUT2D eigenvalue weighted by atomic mass is 35.5. The van der Waals surface area contributed by atoms with Gasteiger partial charge in [0.05, 0.1) is 29.2 Å². The maximum Gasteiger partial charge on any atom is 0.339 e. The molecule has 1 aliphatic rings. The summed E-state index contributed by atoms with van der Waals surface area (Å²) in [6.07, 6.45) is 1.55. The van der Waals surface area contributed by atoms with Crippen LogP contribution in [-0.2, 0) is 20.9 Å². The summed E-state index contributed by atoms with van der Waals surface area (Å²) in [5.74, 6) is -0.967. The largest absolute Gasteiger partial charge is 0.490 e. The maximum absolute atomic E-state index is 13.0. The number of anilines is 1. The molecular weight excluding hydrogens is 591 g/mol. The Bertz CT molecular complexity index is 1540. The number of ether oxygens (including phenoxy) is 3. The third-order valence-corrected chi connectivity index (χ3v) is 7.34. The minimum absolute atomic E-state index is 0.0628. The molecule has 1 saturated heterocycles. The SMILES string of the molecule is CCOc1cc(/C=C2/SC(=O)N(CC(=O)Nc3ccc(Cl)c(C(=O)OC)c3)C2=O)ccc1OCc1ccccc1Cl. The molecule has 0 saturated carbocycles. The predicted molar refractivity (Wildman–Crippen MR) is 157 cm³/mol. The van der Waals surface area contributed by atoms with Crippen LogP contribution in [0.3, 0.4) is 0 Å². The molecule has 0 aliphatic carbocycles. The average molecular weight is 615 g/mol. The van der Waals surface area contributed by atoms with Crippen molar-refractivity contribution in [3.8, 4) is 11.5 Å². The van der Waals surface area contributed by atoms with Crippen molar-refractivity contribution < 1.29 is 33.4 Å². The molecule has 3 aromatic rings.